The Bertz CT molecular complexity index is 199. The van der Waals surface area contributed by atoms with E-state index in [9.17, 15) is 0 Å². The van der Waals surface area contributed by atoms with Gasteiger partial charge in [0.2, 0.25) is 0 Å². The molecule has 1 rings (SSSR count). The lowest BCUT2D eigenvalue weighted by Crippen LogP contribution is -2.41. The second kappa shape index (κ2) is 7.68. The Morgan fingerprint density at radius 1 is 1.18 bits per heavy atom. The van der Waals surface area contributed by atoms with Gasteiger partial charge in [-0.1, -0.05) is 33.6 Å². The third-order valence-corrected chi connectivity index (χ3v) is 5.08. The normalized spacial score (nSPS) is 22.2. The van der Waals surface area contributed by atoms with Gasteiger partial charge in [-0.3, -0.25) is 4.90 Å². The summed E-state index contributed by atoms with van der Waals surface area (Å²) in [5.74, 6) is 1.06. The molecule has 1 aliphatic rings. The average molecular weight is 257 g/mol. The van der Waals surface area contributed by atoms with Gasteiger partial charge in [0.25, 0.3) is 0 Å². The van der Waals surface area contributed by atoms with E-state index >= 15 is 0 Å². The van der Waals surface area contributed by atoms with Crippen LogP contribution in [0, 0.1) is 5.41 Å². The quantitative estimate of drug-likeness (QED) is 0.632. The maximum Gasteiger partial charge on any atom is 0.00933 e. The molecule has 17 heavy (non-hydrogen) atoms. The van der Waals surface area contributed by atoms with Crippen molar-refractivity contribution < 1.29 is 0 Å². The summed E-state index contributed by atoms with van der Waals surface area (Å²) in [6, 6.07) is 0.850. The van der Waals surface area contributed by atoms with E-state index in [4.69, 9.17) is 0 Å². The lowest BCUT2D eigenvalue weighted by atomic mass is 9.80. The first-order chi connectivity index (χ1) is 8.21. The molecule has 0 aromatic heterocycles. The molecule has 1 atom stereocenters. The minimum Gasteiger partial charge on any atom is -0.300 e. The highest BCUT2D eigenvalue weighted by molar-refractivity contribution is 7.80. The van der Waals surface area contributed by atoms with Crippen LogP contribution in [0.5, 0.6) is 0 Å². The van der Waals surface area contributed by atoms with Crippen LogP contribution in [0.25, 0.3) is 0 Å². The van der Waals surface area contributed by atoms with E-state index in [0.717, 1.165) is 11.8 Å². The zero-order chi connectivity index (χ0) is 12.7. The maximum absolute atomic E-state index is 4.67. The van der Waals surface area contributed by atoms with Crippen molar-refractivity contribution in [3.8, 4) is 0 Å². The van der Waals surface area contributed by atoms with Crippen LogP contribution in [0.1, 0.15) is 65.7 Å². The molecule has 1 saturated heterocycles. The van der Waals surface area contributed by atoms with Gasteiger partial charge in [0.1, 0.15) is 0 Å². The third kappa shape index (κ3) is 4.17. The van der Waals surface area contributed by atoms with E-state index in [2.05, 4.69) is 38.3 Å². The van der Waals surface area contributed by atoms with Crippen molar-refractivity contribution in [2.45, 2.75) is 71.8 Å². The molecule has 0 aliphatic carbocycles. The number of hydrogen-bond donors (Lipinski definition) is 1. The summed E-state index contributed by atoms with van der Waals surface area (Å²) in [5.41, 5.74) is 0.477. The molecule has 0 N–H and O–H groups in total. The molecular formula is C15H31NS. The van der Waals surface area contributed by atoms with Crippen molar-refractivity contribution in [2.24, 2.45) is 5.41 Å². The molecule has 1 heterocycles. The van der Waals surface area contributed by atoms with Crippen molar-refractivity contribution in [3.05, 3.63) is 0 Å². The molecule has 0 amide bonds. The molecule has 102 valence electrons. The Hall–Kier alpha value is 0.310. The monoisotopic (exact) mass is 257 g/mol. The molecule has 0 aromatic carbocycles. The second-order valence-corrected chi connectivity index (χ2v) is 6.15. The summed E-state index contributed by atoms with van der Waals surface area (Å²) >= 11 is 4.67. The van der Waals surface area contributed by atoms with E-state index in [1.54, 1.807) is 0 Å². The van der Waals surface area contributed by atoms with Crippen LogP contribution in [0.2, 0.25) is 0 Å². The molecule has 1 aliphatic heterocycles. The van der Waals surface area contributed by atoms with Gasteiger partial charge in [-0.05, 0) is 49.8 Å². The average Bonchev–Trinajstić information content (AvgIpc) is 2.76. The van der Waals surface area contributed by atoms with Gasteiger partial charge in [-0.15, -0.1) is 0 Å². The van der Waals surface area contributed by atoms with Crippen LogP contribution in [0.3, 0.4) is 0 Å². The fourth-order valence-electron chi connectivity index (χ4n) is 3.55. The van der Waals surface area contributed by atoms with E-state index in [0.29, 0.717) is 5.41 Å². The molecule has 1 nitrogen and oxygen atoms in total. The minimum atomic E-state index is 0.477. The summed E-state index contributed by atoms with van der Waals surface area (Å²) in [6.07, 6.45) is 9.42. The first-order valence-electron chi connectivity index (χ1n) is 7.56. The Kier molecular flexibility index (Phi) is 6.94. The first-order valence-corrected chi connectivity index (χ1v) is 8.19. The Labute approximate surface area is 114 Å². The lowest BCUT2D eigenvalue weighted by molar-refractivity contribution is 0.134. The topological polar surface area (TPSA) is 3.24 Å². The predicted molar refractivity (Wildman–Crippen MR) is 81.0 cm³/mol. The largest absolute Gasteiger partial charge is 0.300 e. The minimum absolute atomic E-state index is 0.477. The smallest absolute Gasteiger partial charge is 0.00933 e. The SMILES string of the molecule is CCCC(CS)(CCC)CN1CCCC1CC. The van der Waals surface area contributed by atoms with E-state index in [1.807, 2.05) is 0 Å². The fourth-order valence-corrected chi connectivity index (χ4v) is 3.96. The fraction of sp³-hybridized carbons (Fsp3) is 1.00. The van der Waals surface area contributed by atoms with Crippen LogP contribution in [0.15, 0.2) is 0 Å². The molecule has 1 unspecified atom stereocenters. The van der Waals surface area contributed by atoms with Crippen molar-refractivity contribution >= 4 is 12.6 Å². The summed E-state index contributed by atoms with van der Waals surface area (Å²) < 4.78 is 0. The van der Waals surface area contributed by atoms with Gasteiger partial charge in [0.05, 0.1) is 0 Å². The van der Waals surface area contributed by atoms with E-state index < -0.39 is 0 Å². The Morgan fingerprint density at radius 2 is 1.82 bits per heavy atom. The van der Waals surface area contributed by atoms with Crippen molar-refractivity contribution in [1.82, 2.24) is 4.90 Å². The van der Waals surface area contributed by atoms with Crippen molar-refractivity contribution in [2.75, 3.05) is 18.8 Å². The van der Waals surface area contributed by atoms with E-state index in [-0.39, 0.29) is 0 Å². The number of hydrogen-bond acceptors (Lipinski definition) is 2. The predicted octanol–water partition coefficient (Wildman–Crippen LogP) is 4.38. The number of likely N-dealkylation sites (tertiary alicyclic amines) is 1. The molecule has 0 bridgehead atoms. The van der Waals surface area contributed by atoms with Crippen molar-refractivity contribution in [1.29, 1.82) is 0 Å². The standard InChI is InChI=1S/C15H31NS/c1-4-9-15(13-17,10-5-2)12-16-11-7-8-14(16)6-3/h14,17H,4-13H2,1-3H3. The number of nitrogens with zero attached hydrogens (tertiary/aromatic N) is 1. The van der Waals surface area contributed by atoms with Gasteiger partial charge >= 0.3 is 0 Å². The third-order valence-electron chi connectivity index (χ3n) is 4.40. The highest BCUT2D eigenvalue weighted by Crippen LogP contribution is 2.35. The van der Waals surface area contributed by atoms with Gasteiger partial charge in [0, 0.05) is 12.6 Å². The molecule has 0 saturated carbocycles. The van der Waals surface area contributed by atoms with Crippen LogP contribution >= 0.6 is 12.6 Å². The molecule has 2 heteroatoms. The van der Waals surface area contributed by atoms with Crippen LogP contribution < -0.4 is 0 Å². The summed E-state index contributed by atoms with van der Waals surface area (Å²) in [7, 11) is 0. The Morgan fingerprint density at radius 3 is 2.29 bits per heavy atom. The lowest BCUT2D eigenvalue weighted by Gasteiger charge is -2.38. The van der Waals surface area contributed by atoms with Gasteiger partial charge in [-0.25, -0.2) is 0 Å². The van der Waals surface area contributed by atoms with Crippen LogP contribution in [-0.4, -0.2) is 29.8 Å². The van der Waals surface area contributed by atoms with E-state index in [1.165, 1.54) is 58.0 Å². The molecule has 0 radical (unpaired) electrons. The zero-order valence-corrected chi connectivity index (χ0v) is 12.9. The highest BCUT2D eigenvalue weighted by Gasteiger charge is 2.33. The van der Waals surface area contributed by atoms with Crippen molar-refractivity contribution in [3.63, 3.8) is 0 Å². The van der Waals surface area contributed by atoms with Gasteiger partial charge in [-0.2, -0.15) is 12.6 Å². The molecule has 0 spiro atoms. The maximum atomic E-state index is 4.67. The second-order valence-electron chi connectivity index (χ2n) is 5.83. The summed E-state index contributed by atoms with van der Waals surface area (Å²) in [6.45, 7) is 9.58. The summed E-state index contributed by atoms with van der Waals surface area (Å²) in [5, 5.41) is 0. The number of thiol groups is 1. The number of rotatable bonds is 8. The molecule has 0 aromatic rings. The highest BCUT2D eigenvalue weighted by atomic mass is 32.1. The zero-order valence-electron chi connectivity index (χ0n) is 12.0. The van der Waals surface area contributed by atoms with Crippen LogP contribution in [0.4, 0.5) is 0 Å². The van der Waals surface area contributed by atoms with Crippen LogP contribution in [-0.2, 0) is 0 Å². The molecular weight excluding hydrogens is 226 g/mol. The summed E-state index contributed by atoms with van der Waals surface area (Å²) in [4.78, 5) is 2.75. The van der Waals surface area contributed by atoms with Gasteiger partial charge in [0.15, 0.2) is 0 Å². The first kappa shape index (κ1) is 15.4. The molecule has 1 fully saturated rings. The Balaban J connectivity index is 2.63. The van der Waals surface area contributed by atoms with Gasteiger partial charge < -0.3 is 0 Å².